The fraction of sp³-hybridized carbons (Fsp3) is 0.318. The van der Waals surface area contributed by atoms with E-state index in [4.69, 9.17) is 27.9 Å². The van der Waals surface area contributed by atoms with Crippen LogP contribution in [-0.4, -0.2) is 24.3 Å². The highest BCUT2D eigenvalue weighted by Gasteiger charge is 2.17. The summed E-state index contributed by atoms with van der Waals surface area (Å²) in [5, 5.41) is 3.66. The monoisotopic (exact) mass is 465 g/mol. The average molecular weight is 466 g/mol. The molecule has 7 nitrogen and oxygen atoms in total. The van der Waals surface area contributed by atoms with Crippen LogP contribution in [0.25, 0.3) is 0 Å². The van der Waals surface area contributed by atoms with Crippen molar-refractivity contribution < 1.29 is 19.1 Å². The van der Waals surface area contributed by atoms with Gasteiger partial charge in [-0.15, -0.1) is 0 Å². The Kier molecular flexibility index (Phi) is 9.62. The second kappa shape index (κ2) is 12.2. The molecule has 0 heterocycles. The zero-order chi connectivity index (χ0) is 22.8. The number of rotatable bonds is 9. The van der Waals surface area contributed by atoms with Gasteiger partial charge in [0.05, 0.1) is 24.1 Å². The maximum absolute atomic E-state index is 12.2. The van der Waals surface area contributed by atoms with Gasteiger partial charge in [-0.2, -0.15) is 0 Å². The largest absolute Gasteiger partial charge is 0.492 e. The first-order chi connectivity index (χ1) is 14.7. The van der Waals surface area contributed by atoms with Gasteiger partial charge in [0.25, 0.3) is 0 Å². The zero-order valence-electron chi connectivity index (χ0n) is 17.3. The molecule has 0 aliphatic carbocycles. The molecule has 2 aromatic carbocycles. The molecule has 31 heavy (non-hydrogen) atoms. The van der Waals surface area contributed by atoms with Gasteiger partial charge < -0.3 is 10.1 Å². The molecule has 0 fully saturated rings. The van der Waals surface area contributed by atoms with Crippen LogP contribution in [0, 0.1) is 6.92 Å². The van der Waals surface area contributed by atoms with Crippen LogP contribution in [0.3, 0.4) is 0 Å². The van der Waals surface area contributed by atoms with Crippen LogP contribution in [0.4, 0.5) is 0 Å². The Bertz CT molecular complexity index is 919. The Labute approximate surface area is 191 Å². The summed E-state index contributed by atoms with van der Waals surface area (Å²) in [7, 11) is 0. The number of nitrogens with one attached hydrogen (secondary N) is 3. The maximum atomic E-state index is 12.2. The van der Waals surface area contributed by atoms with Crippen molar-refractivity contribution in [3.8, 4) is 5.75 Å². The van der Waals surface area contributed by atoms with Crippen LogP contribution >= 0.6 is 23.2 Å². The first-order valence-electron chi connectivity index (χ1n) is 9.74. The summed E-state index contributed by atoms with van der Waals surface area (Å²) in [4.78, 5) is 35.7. The average Bonchev–Trinajstić information content (AvgIpc) is 2.70. The molecule has 1 unspecified atom stereocenters. The molecule has 0 aliphatic rings. The number of hydrogen-bond donors (Lipinski definition) is 3. The number of amides is 3. The van der Waals surface area contributed by atoms with Crippen molar-refractivity contribution >= 4 is 40.9 Å². The van der Waals surface area contributed by atoms with Crippen LogP contribution in [0.2, 0.25) is 10.0 Å². The van der Waals surface area contributed by atoms with Gasteiger partial charge >= 0.3 is 0 Å². The molecule has 0 radical (unpaired) electrons. The van der Waals surface area contributed by atoms with Gasteiger partial charge in [-0.05, 0) is 37.1 Å². The third-order valence-corrected chi connectivity index (χ3v) is 4.82. The molecule has 0 saturated carbocycles. The highest BCUT2D eigenvalue weighted by Crippen LogP contribution is 2.27. The predicted molar refractivity (Wildman–Crippen MR) is 120 cm³/mol. The summed E-state index contributed by atoms with van der Waals surface area (Å²) >= 11 is 11.8. The molecule has 3 amide bonds. The number of aryl methyl sites for hydroxylation is 1. The number of benzene rings is 2. The Morgan fingerprint density at radius 1 is 1.00 bits per heavy atom. The highest BCUT2D eigenvalue weighted by molar-refractivity contribution is 6.35. The van der Waals surface area contributed by atoms with E-state index in [1.54, 1.807) is 18.2 Å². The van der Waals surface area contributed by atoms with Crippen LogP contribution in [0.1, 0.15) is 43.4 Å². The SMILES string of the molecule is CC(=O)NC(CC(=O)NNC(=O)CCCOc1ccc(Cl)cc1Cl)c1ccc(C)cc1. The minimum absolute atomic E-state index is 0.0128. The summed E-state index contributed by atoms with van der Waals surface area (Å²) in [6, 6.07) is 11.9. The van der Waals surface area contributed by atoms with Gasteiger partial charge in [0.1, 0.15) is 5.75 Å². The van der Waals surface area contributed by atoms with Gasteiger partial charge in [0.2, 0.25) is 17.7 Å². The summed E-state index contributed by atoms with van der Waals surface area (Å²) < 4.78 is 5.52. The first kappa shape index (κ1) is 24.5. The smallest absolute Gasteiger partial charge is 0.240 e. The third-order valence-electron chi connectivity index (χ3n) is 4.29. The topological polar surface area (TPSA) is 96.5 Å². The fourth-order valence-corrected chi connectivity index (χ4v) is 3.20. The number of halogens is 2. The molecule has 0 saturated heterocycles. The Balaban J connectivity index is 1.73. The predicted octanol–water partition coefficient (Wildman–Crippen LogP) is 3.88. The van der Waals surface area contributed by atoms with E-state index in [1.165, 1.54) is 6.92 Å². The minimum Gasteiger partial charge on any atom is -0.492 e. The van der Waals surface area contributed by atoms with Crippen molar-refractivity contribution in [3.63, 3.8) is 0 Å². The molecule has 0 aliphatic heterocycles. The number of hydrogen-bond acceptors (Lipinski definition) is 4. The Morgan fingerprint density at radius 2 is 1.68 bits per heavy atom. The van der Waals surface area contributed by atoms with E-state index in [-0.39, 0.29) is 31.3 Å². The number of ether oxygens (including phenoxy) is 1. The second-order valence-electron chi connectivity index (χ2n) is 6.99. The Hall–Kier alpha value is -2.77. The Morgan fingerprint density at radius 3 is 2.32 bits per heavy atom. The fourth-order valence-electron chi connectivity index (χ4n) is 2.74. The highest BCUT2D eigenvalue weighted by atomic mass is 35.5. The van der Waals surface area contributed by atoms with Gasteiger partial charge in [-0.3, -0.25) is 25.2 Å². The lowest BCUT2D eigenvalue weighted by molar-refractivity contribution is -0.129. The van der Waals surface area contributed by atoms with Crippen LogP contribution in [0.15, 0.2) is 42.5 Å². The van der Waals surface area contributed by atoms with Crippen molar-refractivity contribution in [2.75, 3.05) is 6.61 Å². The molecular formula is C22H25Cl2N3O4. The third kappa shape index (κ3) is 8.86. The second-order valence-corrected chi connectivity index (χ2v) is 7.83. The van der Waals surface area contributed by atoms with Crippen LogP contribution < -0.4 is 20.9 Å². The zero-order valence-corrected chi connectivity index (χ0v) is 18.8. The standard InChI is InChI=1S/C22H25Cl2N3O4/c1-14-5-7-16(8-6-14)19(25-15(2)28)13-22(30)27-26-21(29)4-3-11-31-20-10-9-17(23)12-18(20)24/h5-10,12,19H,3-4,11,13H2,1-2H3,(H,25,28)(H,26,29)(H,27,30). The number of carbonyl (C=O) groups is 3. The lowest BCUT2D eigenvalue weighted by Crippen LogP contribution is -2.43. The van der Waals surface area contributed by atoms with E-state index in [0.717, 1.165) is 11.1 Å². The molecule has 0 aromatic heterocycles. The van der Waals surface area contributed by atoms with Crippen LogP contribution in [0.5, 0.6) is 5.75 Å². The van der Waals surface area contributed by atoms with E-state index in [1.807, 2.05) is 31.2 Å². The van der Waals surface area contributed by atoms with Crippen molar-refractivity contribution in [1.82, 2.24) is 16.2 Å². The molecule has 1 atom stereocenters. The molecule has 2 rings (SSSR count). The van der Waals surface area contributed by atoms with Crippen molar-refractivity contribution in [3.05, 3.63) is 63.6 Å². The molecule has 3 N–H and O–H groups in total. The van der Waals surface area contributed by atoms with E-state index in [0.29, 0.717) is 22.2 Å². The number of carbonyl (C=O) groups excluding carboxylic acids is 3. The summed E-state index contributed by atoms with van der Waals surface area (Å²) in [5.41, 5.74) is 6.62. The summed E-state index contributed by atoms with van der Waals surface area (Å²) in [6.45, 7) is 3.62. The molecule has 166 valence electrons. The first-order valence-corrected chi connectivity index (χ1v) is 10.5. The molecule has 0 spiro atoms. The molecule has 2 aromatic rings. The van der Waals surface area contributed by atoms with E-state index in [2.05, 4.69) is 16.2 Å². The van der Waals surface area contributed by atoms with E-state index < -0.39 is 11.9 Å². The molecule has 0 bridgehead atoms. The quantitative estimate of drug-likeness (QED) is 0.386. The lowest BCUT2D eigenvalue weighted by atomic mass is 10.0. The maximum Gasteiger partial charge on any atom is 0.240 e. The van der Waals surface area contributed by atoms with Crippen LogP contribution in [-0.2, 0) is 14.4 Å². The van der Waals surface area contributed by atoms with E-state index >= 15 is 0 Å². The molecular weight excluding hydrogens is 441 g/mol. The van der Waals surface area contributed by atoms with Crippen molar-refractivity contribution in [2.24, 2.45) is 0 Å². The van der Waals surface area contributed by atoms with Crippen molar-refractivity contribution in [1.29, 1.82) is 0 Å². The number of hydrazine groups is 1. The van der Waals surface area contributed by atoms with Gasteiger partial charge in [-0.1, -0.05) is 53.0 Å². The van der Waals surface area contributed by atoms with Gasteiger partial charge in [0, 0.05) is 18.4 Å². The normalized spacial score (nSPS) is 11.4. The van der Waals surface area contributed by atoms with E-state index in [9.17, 15) is 14.4 Å². The molecule has 9 heteroatoms. The summed E-state index contributed by atoms with van der Waals surface area (Å²) in [5.74, 6) is -0.537. The van der Waals surface area contributed by atoms with Crippen molar-refractivity contribution in [2.45, 2.75) is 39.2 Å². The summed E-state index contributed by atoms with van der Waals surface area (Å²) in [6.07, 6.45) is 0.568. The minimum atomic E-state index is -0.493. The van der Waals surface area contributed by atoms with Gasteiger partial charge in [-0.25, -0.2) is 0 Å². The lowest BCUT2D eigenvalue weighted by Gasteiger charge is -2.18. The van der Waals surface area contributed by atoms with Gasteiger partial charge in [0.15, 0.2) is 0 Å².